The van der Waals surface area contributed by atoms with Crippen LogP contribution in [-0.2, 0) is 25.7 Å². The molecule has 198 valence electrons. The van der Waals surface area contributed by atoms with Crippen molar-refractivity contribution >= 4 is 29.0 Å². The molecular weight excluding hydrogens is 451 g/mol. The third-order valence-electron chi connectivity index (χ3n) is 7.13. The van der Waals surface area contributed by atoms with Gasteiger partial charge >= 0.3 is 0 Å². The van der Waals surface area contributed by atoms with Gasteiger partial charge in [0.05, 0.1) is 25.4 Å². The SMILES string of the molecule is O=C[C@H](C[C@@H]1CCNC1=O)NC(=O)[C@H](CC1CCC(F)CC1)NCOCc1cc2ccccc2[nH]1.[HH].[HH].[HH].[HH]. The highest BCUT2D eigenvalue weighted by molar-refractivity contribution is 5.85. The molecule has 1 aromatic heterocycles. The number of carbonyl (C=O) groups is 3. The van der Waals surface area contributed by atoms with Crippen LogP contribution in [0.4, 0.5) is 4.39 Å². The molecule has 1 aromatic carbocycles. The van der Waals surface area contributed by atoms with Crippen LogP contribution in [0.25, 0.3) is 10.9 Å². The Kier molecular flexibility index (Phi) is 8.87. The number of alkyl halides is 1. The van der Waals surface area contributed by atoms with Gasteiger partial charge in [-0.25, -0.2) is 4.39 Å². The van der Waals surface area contributed by atoms with E-state index in [0.717, 1.165) is 29.4 Å². The van der Waals surface area contributed by atoms with E-state index in [0.29, 0.717) is 45.1 Å². The fraction of sp³-hybridized carbons (Fsp3) is 0.577. The molecule has 2 amide bonds. The van der Waals surface area contributed by atoms with Crippen LogP contribution in [-0.4, -0.2) is 54.6 Å². The van der Waals surface area contributed by atoms with Crippen LogP contribution in [0.15, 0.2) is 30.3 Å². The number of amides is 2. The normalized spacial score (nSPS) is 24.1. The highest BCUT2D eigenvalue weighted by Crippen LogP contribution is 2.29. The number of nitrogens with one attached hydrogen (secondary N) is 4. The lowest BCUT2D eigenvalue weighted by Crippen LogP contribution is -2.50. The van der Waals surface area contributed by atoms with Crippen LogP contribution in [0.5, 0.6) is 0 Å². The number of carbonyl (C=O) groups excluding carboxylic acids is 3. The molecular formula is C26H43FN4O4. The number of aromatic amines is 1. The molecule has 1 aliphatic heterocycles. The number of aldehydes is 1. The third kappa shape index (κ3) is 7.11. The molecule has 0 unspecified atom stereocenters. The van der Waals surface area contributed by atoms with Gasteiger partial charge in [-0.1, -0.05) is 18.2 Å². The number of benzene rings is 1. The van der Waals surface area contributed by atoms with Crippen LogP contribution >= 0.6 is 0 Å². The Morgan fingerprint density at radius 3 is 2.71 bits per heavy atom. The summed E-state index contributed by atoms with van der Waals surface area (Å²) in [6.45, 7) is 1.11. The largest absolute Gasteiger partial charge is 0.360 e. The highest BCUT2D eigenvalue weighted by atomic mass is 19.1. The number of hydrogen-bond donors (Lipinski definition) is 4. The molecule has 2 fully saturated rings. The van der Waals surface area contributed by atoms with Crippen molar-refractivity contribution in [3.05, 3.63) is 36.0 Å². The van der Waals surface area contributed by atoms with E-state index in [1.165, 1.54) is 0 Å². The van der Waals surface area contributed by atoms with E-state index in [-0.39, 0.29) is 42.5 Å². The number of para-hydroxylation sites is 1. The molecule has 8 nitrogen and oxygen atoms in total. The monoisotopic (exact) mass is 494 g/mol. The van der Waals surface area contributed by atoms with Gasteiger partial charge in [0.15, 0.2) is 0 Å². The second kappa shape index (κ2) is 12.3. The first-order valence-electron chi connectivity index (χ1n) is 12.6. The first-order valence-corrected chi connectivity index (χ1v) is 12.6. The van der Waals surface area contributed by atoms with E-state index in [4.69, 9.17) is 4.74 Å². The molecule has 9 heteroatoms. The minimum absolute atomic E-state index is 0. The van der Waals surface area contributed by atoms with Crippen molar-refractivity contribution in [2.24, 2.45) is 11.8 Å². The second-order valence-corrected chi connectivity index (χ2v) is 9.75. The maximum atomic E-state index is 13.6. The molecule has 4 N–H and O–H groups in total. The number of hydrogen-bond acceptors (Lipinski definition) is 5. The summed E-state index contributed by atoms with van der Waals surface area (Å²) < 4.78 is 19.4. The second-order valence-electron chi connectivity index (χ2n) is 9.75. The molecule has 2 aliphatic rings. The molecule has 1 saturated heterocycles. The molecule has 2 heterocycles. The van der Waals surface area contributed by atoms with Crippen molar-refractivity contribution in [2.75, 3.05) is 13.3 Å². The summed E-state index contributed by atoms with van der Waals surface area (Å²) in [5.74, 6) is -0.406. The Morgan fingerprint density at radius 2 is 2.00 bits per heavy atom. The molecule has 0 radical (unpaired) electrons. The van der Waals surface area contributed by atoms with E-state index in [1.807, 2.05) is 30.3 Å². The van der Waals surface area contributed by atoms with E-state index in [2.05, 4.69) is 20.9 Å². The average Bonchev–Trinajstić information content (AvgIpc) is 3.47. The zero-order chi connectivity index (χ0) is 24.6. The number of halogens is 1. The van der Waals surface area contributed by atoms with E-state index in [9.17, 15) is 18.8 Å². The summed E-state index contributed by atoms with van der Waals surface area (Å²) >= 11 is 0. The summed E-state index contributed by atoms with van der Waals surface area (Å²) in [7, 11) is 0. The summed E-state index contributed by atoms with van der Waals surface area (Å²) in [6.07, 6.45) is 3.94. The summed E-state index contributed by atoms with van der Waals surface area (Å²) in [4.78, 5) is 39.9. The molecule has 2 aromatic rings. The van der Waals surface area contributed by atoms with Crippen LogP contribution in [0.2, 0.25) is 0 Å². The quantitative estimate of drug-likeness (QED) is 0.204. The van der Waals surface area contributed by atoms with Crippen LogP contribution < -0.4 is 16.0 Å². The molecule has 4 rings (SSSR count). The van der Waals surface area contributed by atoms with E-state index in [1.54, 1.807) is 0 Å². The van der Waals surface area contributed by atoms with Crippen molar-refractivity contribution in [2.45, 2.75) is 69.8 Å². The molecule has 1 saturated carbocycles. The number of H-pyrrole nitrogens is 1. The molecule has 1 aliphatic carbocycles. The van der Waals surface area contributed by atoms with Crippen molar-refractivity contribution in [1.82, 2.24) is 20.9 Å². The Morgan fingerprint density at radius 1 is 1.20 bits per heavy atom. The van der Waals surface area contributed by atoms with Crippen LogP contribution in [0.1, 0.15) is 56.3 Å². The van der Waals surface area contributed by atoms with Gasteiger partial charge in [-0.15, -0.1) is 0 Å². The maximum Gasteiger partial charge on any atom is 0.237 e. The van der Waals surface area contributed by atoms with Crippen molar-refractivity contribution in [3.8, 4) is 0 Å². The van der Waals surface area contributed by atoms with E-state index < -0.39 is 18.3 Å². The van der Waals surface area contributed by atoms with Gasteiger partial charge in [0.1, 0.15) is 12.5 Å². The van der Waals surface area contributed by atoms with Gasteiger partial charge < -0.3 is 25.1 Å². The fourth-order valence-corrected chi connectivity index (χ4v) is 5.11. The smallest absolute Gasteiger partial charge is 0.237 e. The van der Waals surface area contributed by atoms with Crippen LogP contribution in [0, 0.1) is 11.8 Å². The number of ether oxygens (including phenoxy) is 1. The Labute approximate surface area is 210 Å². The first-order chi connectivity index (χ1) is 17.0. The topological polar surface area (TPSA) is 112 Å². The lowest BCUT2D eigenvalue weighted by Gasteiger charge is -2.29. The Hall–Kier alpha value is -2.78. The zero-order valence-electron chi connectivity index (χ0n) is 19.9. The predicted octanol–water partition coefficient (Wildman–Crippen LogP) is 3.71. The highest BCUT2D eigenvalue weighted by Gasteiger charge is 2.31. The van der Waals surface area contributed by atoms with Gasteiger partial charge in [0.2, 0.25) is 11.8 Å². The first kappa shape index (κ1) is 25.3. The minimum atomic E-state index is -0.761. The predicted molar refractivity (Wildman–Crippen MR) is 139 cm³/mol. The number of fused-ring (bicyclic) bond motifs is 1. The van der Waals surface area contributed by atoms with Gasteiger partial charge in [-0.3, -0.25) is 14.9 Å². The number of rotatable bonds is 12. The molecule has 3 atom stereocenters. The third-order valence-corrected chi connectivity index (χ3v) is 7.13. The molecule has 0 spiro atoms. The zero-order valence-corrected chi connectivity index (χ0v) is 19.9. The molecule has 35 heavy (non-hydrogen) atoms. The lowest BCUT2D eigenvalue weighted by molar-refractivity contribution is -0.128. The molecule has 0 bridgehead atoms. The van der Waals surface area contributed by atoms with Gasteiger partial charge in [-0.2, -0.15) is 0 Å². The van der Waals surface area contributed by atoms with Gasteiger partial charge in [0.25, 0.3) is 0 Å². The van der Waals surface area contributed by atoms with Gasteiger partial charge in [0, 0.05) is 29.4 Å². The maximum absolute atomic E-state index is 13.6. The van der Waals surface area contributed by atoms with Crippen molar-refractivity contribution < 1.29 is 29.2 Å². The standard InChI is InChI=1S/C26H35FN4O4.4H2/c27-20-7-5-17(6-8-20)11-24(26(34)31-21(14-32)13-19-9-10-28-25(19)33)29-16-35-15-22-12-18-3-1-2-4-23(18)30-22;;;;/h1-4,12,14,17,19-21,24,29-30H,5-11,13,15-16H2,(H,28,33)(H,31,34);4*1H/t17?,19-,20?,21-,24-;;;;/m0..../s1. The van der Waals surface area contributed by atoms with Crippen molar-refractivity contribution in [3.63, 3.8) is 0 Å². The summed E-state index contributed by atoms with van der Waals surface area (Å²) in [5, 5.41) is 9.85. The summed E-state index contributed by atoms with van der Waals surface area (Å²) in [6, 6.07) is 8.71. The Balaban J connectivity index is 0.00000361. The lowest BCUT2D eigenvalue weighted by atomic mass is 9.83. The fourth-order valence-electron chi connectivity index (χ4n) is 5.11. The van der Waals surface area contributed by atoms with Crippen LogP contribution in [0.3, 0.4) is 0 Å². The Bertz CT molecular complexity index is 990. The minimum Gasteiger partial charge on any atom is -0.360 e. The van der Waals surface area contributed by atoms with Gasteiger partial charge in [-0.05, 0) is 68.4 Å². The van der Waals surface area contributed by atoms with E-state index >= 15 is 0 Å². The number of aromatic nitrogens is 1. The summed E-state index contributed by atoms with van der Waals surface area (Å²) in [5.41, 5.74) is 1.97. The average molecular weight is 495 g/mol. The van der Waals surface area contributed by atoms with Crippen molar-refractivity contribution in [1.29, 1.82) is 0 Å².